The molecular formula is C21H23N5O2. The Morgan fingerprint density at radius 2 is 1.89 bits per heavy atom. The van der Waals surface area contributed by atoms with Crippen LogP contribution in [0.25, 0.3) is 22.0 Å². The van der Waals surface area contributed by atoms with Gasteiger partial charge in [0.25, 0.3) is 0 Å². The second-order valence-electron chi connectivity index (χ2n) is 7.29. The molecule has 1 aliphatic rings. The molecule has 3 aromatic rings. The summed E-state index contributed by atoms with van der Waals surface area (Å²) in [5.74, 6) is 0.604. The van der Waals surface area contributed by atoms with E-state index in [0.29, 0.717) is 5.82 Å². The molecule has 0 saturated carbocycles. The Morgan fingerprint density at radius 1 is 1.11 bits per heavy atom. The monoisotopic (exact) mass is 377 g/mol. The lowest BCUT2D eigenvalue weighted by molar-refractivity contribution is -0.121. The molecule has 4 rings (SSSR count). The van der Waals surface area contributed by atoms with Gasteiger partial charge < -0.3 is 15.3 Å². The van der Waals surface area contributed by atoms with Crippen LogP contribution in [0.15, 0.2) is 43.0 Å². The second kappa shape index (κ2) is 8.00. The van der Waals surface area contributed by atoms with E-state index >= 15 is 0 Å². The van der Waals surface area contributed by atoms with Crippen molar-refractivity contribution < 1.29 is 9.90 Å². The van der Waals surface area contributed by atoms with Gasteiger partial charge in [0.2, 0.25) is 5.91 Å². The second-order valence-corrected chi connectivity index (χ2v) is 7.29. The van der Waals surface area contributed by atoms with Crippen LogP contribution in [0.2, 0.25) is 0 Å². The van der Waals surface area contributed by atoms with Crippen molar-refractivity contribution in [1.29, 1.82) is 0 Å². The fraction of sp³-hybridized carbons (Fsp3) is 0.333. The highest BCUT2D eigenvalue weighted by atomic mass is 16.3. The van der Waals surface area contributed by atoms with E-state index in [2.05, 4.69) is 32.2 Å². The van der Waals surface area contributed by atoms with E-state index in [1.165, 1.54) is 0 Å². The van der Waals surface area contributed by atoms with Gasteiger partial charge >= 0.3 is 0 Å². The summed E-state index contributed by atoms with van der Waals surface area (Å²) in [5.41, 5.74) is 3.29. The van der Waals surface area contributed by atoms with Gasteiger partial charge in [-0.05, 0) is 56.7 Å². The Hall–Kier alpha value is -2.90. The fourth-order valence-corrected chi connectivity index (χ4v) is 3.49. The van der Waals surface area contributed by atoms with E-state index in [0.717, 1.165) is 53.5 Å². The third-order valence-corrected chi connectivity index (χ3v) is 5.22. The minimum atomic E-state index is -0.0566. The third-order valence-electron chi connectivity index (χ3n) is 5.22. The molecule has 2 N–H and O–H groups in total. The van der Waals surface area contributed by atoms with Gasteiger partial charge in [-0.15, -0.1) is 0 Å². The van der Waals surface area contributed by atoms with Gasteiger partial charge in [-0.25, -0.2) is 4.98 Å². The van der Waals surface area contributed by atoms with E-state index in [1.807, 2.05) is 18.2 Å². The number of anilines is 1. The first-order chi connectivity index (χ1) is 13.6. The van der Waals surface area contributed by atoms with Crippen molar-refractivity contribution in [2.75, 3.05) is 25.5 Å². The first-order valence-electron chi connectivity index (χ1n) is 9.43. The van der Waals surface area contributed by atoms with E-state index in [-0.39, 0.29) is 18.4 Å². The van der Waals surface area contributed by atoms with Gasteiger partial charge in [-0.1, -0.05) is 0 Å². The van der Waals surface area contributed by atoms with Crippen LogP contribution in [0.1, 0.15) is 18.4 Å². The molecular weight excluding hydrogens is 354 g/mol. The number of nitrogens with one attached hydrogen (secondary N) is 1. The normalized spacial score (nSPS) is 15.6. The Bertz CT molecular complexity index is 999. The van der Waals surface area contributed by atoms with E-state index in [1.54, 1.807) is 24.8 Å². The summed E-state index contributed by atoms with van der Waals surface area (Å²) in [6.07, 6.45) is 8.56. The van der Waals surface area contributed by atoms with Crippen molar-refractivity contribution in [3.8, 4) is 11.1 Å². The molecule has 0 aromatic carbocycles. The maximum Gasteiger partial charge on any atom is 0.228 e. The number of nitrogens with zero attached hydrogens (tertiary/aromatic N) is 4. The number of likely N-dealkylation sites (tertiary alicyclic amines) is 1. The molecule has 0 bridgehead atoms. The van der Waals surface area contributed by atoms with Gasteiger partial charge in [0.1, 0.15) is 5.82 Å². The highest BCUT2D eigenvalue weighted by Gasteiger charge is 2.23. The Morgan fingerprint density at radius 3 is 2.68 bits per heavy atom. The van der Waals surface area contributed by atoms with Crippen molar-refractivity contribution >= 4 is 22.6 Å². The van der Waals surface area contributed by atoms with Crippen LogP contribution in [-0.2, 0) is 11.4 Å². The zero-order valence-corrected chi connectivity index (χ0v) is 15.8. The van der Waals surface area contributed by atoms with Gasteiger partial charge in [0.05, 0.1) is 18.3 Å². The van der Waals surface area contributed by atoms with Gasteiger partial charge in [-0.3, -0.25) is 14.8 Å². The number of aromatic nitrogens is 3. The number of fused-ring (bicyclic) bond motifs is 1. The maximum absolute atomic E-state index is 12.6. The zero-order valence-electron chi connectivity index (χ0n) is 15.8. The maximum atomic E-state index is 12.6. The van der Waals surface area contributed by atoms with Crippen LogP contribution in [0, 0.1) is 5.92 Å². The number of carbonyl (C=O) groups excluding carboxylic acids is 1. The topological polar surface area (TPSA) is 91.2 Å². The number of rotatable bonds is 4. The molecule has 0 aliphatic carbocycles. The summed E-state index contributed by atoms with van der Waals surface area (Å²) in [4.78, 5) is 27.8. The van der Waals surface area contributed by atoms with E-state index < -0.39 is 0 Å². The van der Waals surface area contributed by atoms with Crippen LogP contribution in [-0.4, -0.2) is 51.0 Å². The standard InChI is InChI=1S/C21H23N5O2/c1-26-4-2-15(3-5-26)21(28)25-20-8-16-7-18(11-23-19(16)12-24-20)17-6-14(13-27)9-22-10-17/h6-12,15,27H,2-5,13H2,1H3,(H,24,25,28). The quantitative estimate of drug-likeness (QED) is 0.726. The number of carbonyl (C=O) groups is 1. The molecule has 7 heteroatoms. The molecule has 0 atom stereocenters. The number of hydrogen-bond donors (Lipinski definition) is 2. The average molecular weight is 377 g/mol. The SMILES string of the molecule is CN1CCC(C(=O)Nc2cc3cc(-c4cncc(CO)c4)cnc3cn2)CC1. The molecule has 1 amide bonds. The molecule has 7 nitrogen and oxygen atoms in total. The van der Waals surface area contributed by atoms with Crippen molar-refractivity contribution in [2.45, 2.75) is 19.4 Å². The number of aliphatic hydroxyl groups is 1. The van der Waals surface area contributed by atoms with Crippen LogP contribution < -0.4 is 5.32 Å². The third kappa shape index (κ3) is 4.00. The number of amides is 1. The average Bonchev–Trinajstić information content (AvgIpc) is 2.73. The molecule has 1 saturated heterocycles. The highest BCUT2D eigenvalue weighted by Crippen LogP contribution is 2.25. The molecule has 0 spiro atoms. The number of pyridine rings is 3. The van der Waals surface area contributed by atoms with Crippen molar-refractivity contribution in [3.05, 3.63) is 48.5 Å². The molecule has 0 radical (unpaired) electrons. The summed E-state index contributed by atoms with van der Waals surface area (Å²) in [6, 6.07) is 5.73. The smallest absolute Gasteiger partial charge is 0.228 e. The Kier molecular flexibility index (Phi) is 5.27. The molecule has 1 aliphatic heterocycles. The van der Waals surface area contributed by atoms with Crippen LogP contribution >= 0.6 is 0 Å². The van der Waals surface area contributed by atoms with Crippen LogP contribution in [0.4, 0.5) is 5.82 Å². The predicted molar refractivity (Wildman–Crippen MR) is 108 cm³/mol. The Labute approximate surface area is 163 Å². The largest absolute Gasteiger partial charge is 0.392 e. The van der Waals surface area contributed by atoms with Gasteiger partial charge in [0, 0.05) is 41.0 Å². The molecule has 0 unspecified atom stereocenters. The summed E-state index contributed by atoms with van der Waals surface area (Å²) >= 11 is 0. The summed E-state index contributed by atoms with van der Waals surface area (Å²) in [7, 11) is 2.08. The number of piperidine rings is 1. The van der Waals surface area contributed by atoms with E-state index in [4.69, 9.17) is 0 Å². The fourth-order valence-electron chi connectivity index (χ4n) is 3.49. The first kappa shape index (κ1) is 18.5. The molecule has 3 aromatic heterocycles. The molecule has 1 fully saturated rings. The zero-order chi connectivity index (χ0) is 19.5. The van der Waals surface area contributed by atoms with Crippen LogP contribution in [0.5, 0.6) is 0 Å². The predicted octanol–water partition coefficient (Wildman–Crippen LogP) is 2.46. The Balaban J connectivity index is 1.56. The van der Waals surface area contributed by atoms with E-state index in [9.17, 15) is 9.90 Å². The van der Waals surface area contributed by atoms with Crippen LogP contribution in [0.3, 0.4) is 0 Å². The summed E-state index contributed by atoms with van der Waals surface area (Å²) < 4.78 is 0. The number of hydrogen-bond acceptors (Lipinski definition) is 6. The summed E-state index contributed by atoms with van der Waals surface area (Å²) in [6.45, 7) is 1.83. The molecule has 28 heavy (non-hydrogen) atoms. The first-order valence-corrected chi connectivity index (χ1v) is 9.43. The lowest BCUT2D eigenvalue weighted by Gasteiger charge is -2.27. The minimum absolute atomic E-state index is 0.0314. The summed E-state index contributed by atoms with van der Waals surface area (Å²) in [5, 5.41) is 13.2. The van der Waals surface area contributed by atoms with Gasteiger partial charge in [0.15, 0.2) is 0 Å². The lowest BCUT2D eigenvalue weighted by Crippen LogP contribution is -2.36. The number of aliphatic hydroxyl groups excluding tert-OH is 1. The van der Waals surface area contributed by atoms with Crippen molar-refractivity contribution in [1.82, 2.24) is 19.9 Å². The van der Waals surface area contributed by atoms with Gasteiger partial charge in [-0.2, -0.15) is 0 Å². The highest BCUT2D eigenvalue weighted by molar-refractivity contribution is 5.94. The minimum Gasteiger partial charge on any atom is -0.392 e. The molecule has 4 heterocycles. The lowest BCUT2D eigenvalue weighted by atomic mass is 9.96. The van der Waals surface area contributed by atoms with Crippen molar-refractivity contribution in [3.63, 3.8) is 0 Å². The van der Waals surface area contributed by atoms with Crippen molar-refractivity contribution in [2.24, 2.45) is 5.92 Å². The molecule has 144 valence electrons.